The number of aliphatic hydroxyl groups excluding tert-OH is 2. The van der Waals surface area contributed by atoms with Crippen LogP contribution in [0.1, 0.15) is 284 Å². The summed E-state index contributed by atoms with van der Waals surface area (Å²) in [5.41, 5.74) is 0. The van der Waals surface area contributed by atoms with Gasteiger partial charge in [-0.3, -0.25) is 9.59 Å². The minimum Gasteiger partial charge on any atom is -0.466 e. The van der Waals surface area contributed by atoms with E-state index in [0.717, 1.165) is 51.4 Å². The van der Waals surface area contributed by atoms with E-state index in [-0.39, 0.29) is 18.5 Å². The van der Waals surface area contributed by atoms with E-state index < -0.39 is 12.1 Å². The Labute approximate surface area is 361 Å². The van der Waals surface area contributed by atoms with Gasteiger partial charge in [-0.2, -0.15) is 0 Å². The van der Waals surface area contributed by atoms with E-state index in [1.165, 1.54) is 199 Å². The second-order valence-corrected chi connectivity index (χ2v) is 17.9. The van der Waals surface area contributed by atoms with Crippen molar-refractivity contribution < 1.29 is 24.5 Å². The third-order valence-electron chi connectivity index (χ3n) is 12.1. The van der Waals surface area contributed by atoms with E-state index in [1.807, 2.05) is 0 Å². The summed E-state index contributed by atoms with van der Waals surface area (Å²) in [5, 5.41) is 23.2. The summed E-state index contributed by atoms with van der Waals surface area (Å²) in [5.74, 6) is -0.0608. The van der Waals surface area contributed by atoms with Gasteiger partial charge in [-0.05, 0) is 51.4 Å². The van der Waals surface area contributed by atoms with Crippen LogP contribution in [0.15, 0.2) is 12.2 Å². The highest BCUT2D eigenvalue weighted by Gasteiger charge is 2.20. The molecule has 3 N–H and O–H groups in total. The molecule has 0 saturated heterocycles. The molecule has 0 bridgehead atoms. The van der Waals surface area contributed by atoms with Crippen molar-refractivity contribution in [2.45, 2.75) is 296 Å². The zero-order valence-electron chi connectivity index (χ0n) is 39.0. The first-order valence-electron chi connectivity index (χ1n) is 25.9. The SMILES string of the molecule is CCCCCCCC/C=C\CCCCCCCC(=O)OCCCCCCCCCCCCCCCC(=O)NC(CO)C(O)CCCCCCCCCCCCCCC. The third-order valence-corrected chi connectivity index (χ3v) is 12.1. The summed E-state index contributed by atoms with van der Waals surface area (Å²) >= 11 is 0. The molecule has 0 radical (unpaired) electrons. The lowest BCUT2D eigenvalue weighted by Gasteiger charge is -2.22. The molecule has 0 heterocycles. The highest BCUT2D eigenvalue weighted by molar-refractivity contribution is 5.76. The largest absolute Gasteiger partial charge is 0.466 e. The maximum atomic E-state index is 12.4. The molecule has 0 fully saturated rings. The number of allylic oxidation sites excluding steroid dienone is 2. The Balaban J connectivity index is 3.44. The van der Waals surface area contributed by atoms with Gasteiger partial charge < -0.3 is 20.3 Å². The highest BCUT2D eigenvalue weighted by atomic mass is 16.5. The molecular formula is C52H101NO5. The number of esters is 1. The predicted octanol–water partition coefficient (Wildman–Crippen LogP) is 15.3. The van der Waals surface area contributed by atoms with Gasteiger partial charge in [0.1, 0.15) is 0 Å². The topological polar surface area (TPSA) is 95.9 Å². The smallest absolute Gasteiger partial charge is 0.305 e. The minimum absolute atomic E-state index is 0.0132. The van der Waals surface area contributed by atoms with Gasteiger partial charge in [0.15, 0.2) is 0 Å². The second kappa shape index (κ2) is 48.3. The normalized spacial score (nSPS) is 12.7. The molecule has 0 aromatic carbocycles. The van der Waals surface area contributed by atoms with Crippen molar-refractivity contribution >= 4 is 11.9 Å². The molecule has 0 saturated carbocycles. The van der Waals surface area contributed by atoms with Crippen molar-refractivity contribution in [3.63, 3.8) is 0 Å². The van der Waals surface area contributed by atoms with Crippen molar-refractivity contribution in [1.82, 2.24) is 5.32 Å². The number of amides is 1. The summed E-state index contributed by atoms with van der Waals surface area (Å²) < 4.78 is 5.46. The first-order chi connectivity index (χ1) is 28.5. The van der Waals surface area contributed by atoms with Crippen LogP contribution in [0.2, 0.25) is 0 Å². The molecule has 2 atom stereocenters. The first-order valence-corrected chi connectivity index (χ1v) is 25.9. The number of rotatable bonds is 48. The number of ether oxygens (including phenoxy) is 1. The molecular weight excluding hydrogens is 719 g/mol. The molecule has 1 amide bonds. The number of hydrogen-bond donors (Lipinski definition) is 3. The number of carbonyl (C=O) groups is 2. The van der Waals surface area contributed by atoms with Gasteiger partial charge in [0.05, 0.1) is 25.4 Å². The molecule has 0 aliphatic rings. The van der Waals surface area contributed by atoms with E-state index in [4.69, 9.17) is 4.74 Å². The van der Waals surface area contributed by atoms with Crippen LogP contribution in [0.25, 0.3) is 0 Å². The van der Waals surface area contributed by atoms with Crippen LogP contribution >= 0.6 is 0 Å². The number of unbranched alkanes of at least 4 members (excludes halogenated alkanes) is 35. The fraction of sp³-hybridized carbons (Fsp3) is 0.923. The highest BCUT2D eigenvalue weighted by Crippen LogP contribution is 2.16. The summed E-state index contributed by atoms with van der Waals surface area (Å²) in [6.45, 7) is 4.92. The zero-order chi connectivity index (χ0) is 42.3. The van der Waals surface area contributed by atoms with Crippen LogP contribution in [-0.4, -0.2) is 47.4 Å². The molecule has 0 spiro atoms. The van der Waals surface area contributed by atoms with Crippen LogP contribution in [0.4, 0.5) is 0 Å². The number of carbonyl (C=O) groups excluding carboxylic acids is 2. The minimum atomic E-state index is -0.671. The fourth-order valence-electron chi connectivity index (χ4n) is 8.05. The van der Waals surface area contributed by atoms with Crippen molar-refractivity contribution in [3.8, 4) is 0 Å². The monoisotopic (exact) mass is 820 g/mol. The van der Waals surface area contributed by atoms with Gasteiger partial charge >= 0.3 is 5.97 Å². The average molecular weight is 820 g/mol. The van der Waals surface area contributed by atoms with Gasteiger partial charge in [-0.15, -0.1) is 0 Å². The molecule has 6 heteroatoms. The van der Waals surface area contributed by atoms with E-state index in [1.54, 1.807) is 0 Å². The van der Waals surface area contributed by atoms with Gasteiger partial charge in [-0.25, -0.2) is 0 Å². The quantitative estimate of drug-likeness (QED) is 0.0323. The first kappa shape index (κ1) is 56.6. The molecule has 6 nitrogen and oxygen atoms in total. The Bertz CT molecular complexity index is 863. The predicted molar refractivity (Wildman–Crippen MR) is 250 cm³/mol. The molecule has 2 unspecified atom stereocenters. The van der Waals surface area contributed by atoms with Crippen LogP contribution in [0.3, 0.4) is 0 Å². The molecule has 0 aromatic heterocycles. The van der Waals surface area contributed by atoms with Crippen LogP contribution in [-0.2, 0) is 14.3 Å². The van der Waals surface area contributed by atoms with E-state index in [2.05, 4.69) is 31.3 Å². The van der Waals surface area contributed by atoms with Crippen LogP contribution in [0, 0.1) is 0 Å². The average Bonchev–Trinajstić information content (AvgIpc) is 3.22. The van der Waals surface area contributed by atoms with Crippen LogP contribution in [0.5, 0.6) is 0 Å². The van der Waals surface area contributed by atoms with Gasteiger partial charge in [-0.1, -0.05) is 231 Å². The van der Waals surface area contributed by atoms with Gasteiger partial charge in [0.2, 0.25) is 5.91 Å². The Morgan fingerprint density at radius 3 is 1.22 bits per heavy atom. The van der Waals surface area contributed by atoms with Gasteiger partial charge in [0.25, 0.3) is 0 Å². The Morgan fingerprint density at radius 1 is 0.466 bits per heavy atom. The maximum Gasteiger partial charge on any atom is 0.305 e. The lowest BCUT2D eigenvalue weighted by atomic mass is 10.0. The maximum absolute atomic E-state index is 12.4. The Morgan fingerprint density at radius 2 is 0.810 bits per heavy atom. The molecule has 344 valence electrons. The van der Waals surface area contributed by atoms with Crippen molar-refractivity contribution in [2.75, 3.05) is 13.2 Å². The molecule has 0 aromatic rings. The molecule has 58 heavy (non-hydrogen) atoms. The number of nitrogens with one attached hydrogen (secondary N) is 1. The van der Waals surface area contributed by atoms with Crippen molar-refractivity contribution in [1.29, 1.82) is 0 Å². The summed E-state index contributed by atoms with van der Waals surface area (Å²) in [7, 11) is 0. The van der Waals surface area contributed by atoms with Gasteiger partial charge in [0, 0.05) is 12.8 Å². The van der Waals surface area contributed by atoms with Crippen LogP contribution < -0.4 is 5.32 Å². The van der Waals surface area contributed by atoms with E-state index in [9.17, 15) is 19.8 Å². The molecule has 0 aliphatic heterocycles. The lowest BCUT2D eigenvalue weighted by Crippen LogP contribution is -2.45. The van der Waals surface area contributed by atoms with E-state index in [0.29, 0.717) is 25.9 Å². The Kier molecular flexibility index (Phi) is 47.1. The third kappa shape index (κ3) is 44.2. The molecule has 0 aliphatic carbocycles. The fourth-order valence-corrected chi connectivity index (χ4v) is 8.05. The van der Waals surface area contributed by atoms with Crippen molar-refractivity contribution in [2.24, 2.45) is 0 Å². The number of hydrogen-bond acceptors (Lipinski definition) is 5. The second-order valence-electron chi connectivity index (χ2n) is 17.9. The summed E-state index contributed by atoms with van der Waals surface area (Å²) in [6.07, 6.45) is 54.6. The Hall–Kier alpha value is -1.40. The lowest BCUT2D eigenvalue weighted by molar-refractivity contribution is -0.143. The standard InChI is InChI=1S/C52H101NO5/c1-3-5-7-9-11-13-15-17-18-22-26-30-34-38-42-46-52(57)58-47-43-39-35-31-27-23-19-21-25-29-33-37-41-45-51(56)53-49(48-54)50(55)44-40-36-32-28-24-20-16-14-12-10-8-6-4-2/h17-18,49-50,54-55H,3-16,19-48H2,1-2H3,(H,53,56)/b18-17-. The summed E-state index contributed by atoms with van der Waals surface area (Å²) in [4.78, 5) is 24.5. The van der Waals surface area contributed by atoms with E-state index >= 15 is 0 Å². The number of aliphatic hydroxyl groups is 2. The summed E-state index contributed by atoms with van der Waals surface area (Å²) in [6, 6.07) is -0.550. The zero-order valence-corrected chi connectivity index (χ0v) is 39.0. The van der Waals surface area contributed by atoms with Crippen molar-refractivity contribution in [3.05, 3.63) is 12.2 Å². The molecule has 0 rings (SSSR count).